The normalized spacial score (nSPS) is 24.4. The predicted molar refractivity (Wildman–Crippen MR) is 198 cm³/mol. The van der Waals surface area contributed by atoms with Gasteiger partial charge in [0.25, 0.3) is 0 Å². The molecule has 12 nitrogen and oxygen atoms in total. The number of benzene rings is 2. The molecule has 2 fully saturated rings. The number of allylic oxidation sites excluding steroid dienone is 2. The summed E-state index contributed by atoms with van der Waals surface area (Å²) in [6.45, 7) is 10.7. The lowest BCUT2D eigenvalue weighted by molar-refractivity contribution is -0.151. The lowest BCUT2D eigenvalue weighted by Crippen LogP contribution is -2.46. The van der Waals surface area contributed by atoms with Gasteiger partial charge in [0, 0.05) is 48.2 Å². The molecule has 3 aliphatic rings. The number of rotatable bonds is 12. The van der Waals surface area contributed by atoms with Crippen LogP contribution >= 0.6 is 23.2 Å². The van der Waals surface area contributed by atoms with E-state index in [0.29, 0.717) is 24.8 Å². The Morgan fingerprint density at radius 3 is 2.27 bits per heavy atom. The first-order valence-corrected chi connectivity index (χ1v) is 18.4. The number of aromatic nitrogens is 6. The Bertz CT molecular complexity index is 1880. The molecule has 5 atom stereocenters. The Balaban J connectivity index is 0.921. The fraction of sp³-hybridized carbons (Fsp3) is 0.459. The van der Waals surface area contributed by atoms with E-state index in [9.17, 15) is 4.79 Å². The topological polar surface area (TPSA) is 105 Å². The molecule has 1 aliphatic carbocycles. The second-order valence-electron chi connectivity index (χ2n) is 13.5. The summed E-state index contributed by atoms with van der Waals surface area (Å²) in [6.07, 6.45) is 10.2. The van der Waals surface area contributed by atoms with Crippen LogP contribution < -0.4 is 20.2 Å². The lowest BCUT2D eigenvalue weighted by atomic mass is 9.92. The largest absolute Gasteiger partial charge is 0.491 e. The number of anilines is 2. The van der Waals surface area contributed by atoms with Crippen LogP contribution in [0.1, 0.15) is 39.7 Å². The van der Waals surface area contributed by atoms with Gasteiger partial charge in [0.2, 0.25) is 5.79 Å². The number of hydrogen-bond acceptors (Lipinski definition) is 9. The van der Waals surface area contributed by atoms with Crippen LogP contribution in [0.4, 0.5) is 11.4 Å². The average Bonchev–Trinajstić information content (AvgIpc) is 3.91. The third-order valence-electron chi connectivity index (χ3n) is 9.83. The molecule has 2 aromatic carbocycles. The summed E-state index contributed by atoms with van der Waals surface area (Å²) in [5.74, 6) is -0.319. The fourth-order valence-corrected chi connectivity index (χ4v) is 7.54. The number of halogens is 2. The van der Waals surface area contributed by atoms with Gasteiger partial charge >= 0.3 is 5.69 Å². The summed E-state index contributed by atoms with van der Waals surface area (Å²) in [5.41, 5.74) is 3.75. The van der Waals surface area contributed by atoms with Gasteiger partial charge in [-0.1, -0.05) is 37.9 Å². The fourth-order valence-electron chi connectivity index (χ4n) is 6.93. The molecule has 5 unspecified atom stereocenters. The minimum Gasteiger partial charge on any atom is -0.491 e. The molecule has 270 valence electrons. The van der Waals surface area contributed by atoms with E-state index in [1.807, 2.05) is 50.3 Å². The SMILES string of the molecule is CCCC(C)n1ncn(-c2ccc(N3CCN(c4ccc(OCC5COC(Cn6cncn6)(C6=CC(C)C(Cl)C=C6Cl)O5)cc4)CC3)cc2)c1=O. The molecule has 51 heavy (non-hydrogen) atoms. The van der Waals surface area contributed by atoms with E-state index in [-0.39, 0.29) is 29.1 Å². The molecule has 2 aromatic heterocycles. The van der Waals surface area contributed by atoms with Crippen LogP contribution in [-0.4, -0.2) is 85.8 Å². The van der Waals surface area contributed by atoms with Crippen molar-refractivity contribution in [2.45, 2.75) is 63.5 Å². The molecule has 0 amide bonds. The smallest absolute Gasteiger partial charge is 0.350 e. The predicted octanol–water partition coefficient (Wildman–Crippen LogP) is 5.81. The van der Waals surface area contributed by atoms with E-state index < -0.39 is 5.79 Å². The van der Waals surface area contributed by atoms with Crippen molar-refractivity contribution in [1.82, 2.24) is 29.1 Å². The third-order valence-corrected chi connectivity index (χ3v) is 10.7. The molecule has 0 radical (unpaired) electrons. The molecule has 0 spiro atoms. The van der Waals surface area contributed by atoms with Crippen LogP contribution in [0.2, 0.25) is 0 Å². The summed E-state index contributed by atoms with van der Waals surface area (Å²) in [6, 6.07) is 16.4. The van der Waals surface area contributed by atoms with Crippen molar-refractivity contribution in [2.75, 3.05) is 49.2 Å². The molecular weight excluding hydrogens is 691 g/mol. The second kappa shape index (κ2) is 15.2. The van der Waals surface area contributed by atoms with Crippen molar-refractivity contribution in [3.05, 3.63) is 101 Å². The summed E-state index contributed by atoms with van der Waals surface area (Å²) in [4.78, 5) is 21.8. The van der Waals surface area contributed by atoms with Crippen LogP contribution in [0.25, 0.3) is 5.69 Å². The standard InChI is InChI=1S/C37H44Cl2N8O4/c1-4-5-27(3)47-36(48)46(25-42-47)30-8-6-28(7-9-30)43-14-16-44(17-15-43)29-10-12-31(13-11-29)49-20-32-21-50-37(51-32,22-45-24-40-23-41-45)33-18-26(2)34(38)19-35(33)39/h6-13,18-19,23-27,32,34H,4-5,14-17,20-22H2,1-3H3. The van der Waals surface area contributed by atoms with Gasteiger partial charge in [-0.25, -0.2) is 23.7 Å². The molecule has 14 heteroatoms. The maximum atomic E-state index is 12.9. The van der Waals surface area contributed by atoms with Gasteiger partial charge in [0.15, 0.2) is 0 Å². The van der Waals surface area contributed by atoms with Crippen molar-refractivity contribution >= 4 is 34.6 Å². The minimum absolute atomic E-state index is 0.0575. The number of ether oxygens (including phenoxy) is 3. The molecule has 4 heterocycles. The molecule has 2 aliphatic heterocycles. The van der Waals surface area contributed by atoms with Crippen LogP contribution in [0, 0.1) is 5.92 Å². The van der Waals surface area contributed by atoms with E-state index in [2.05, 4.69) is 56.2 Å². The van der Waals surface area contributed by atoms with E-state index in [1.165, 1.54) is 6.33 Å². The lowest BCUT2D eigenvalue weighted by Gasteiger charge is -2.37. The van der Waals surface area contributed by atoms with Gasteiger partial charge in [-0.2, -0.15) is 10.2 Å². The van der Waals surface area contributed by atoms with E-state index in [0.717, 1.165) is 67.4 Å². The van der Waals surface area contributed by atoms with Crippen LogP contribution in [0.5, 0.6) is 5.75 Å². The molecular formula is C37H44Cl2N8O4. The van der Waals surface area contributed by atoms with Gasteiger partial charge in [0.05, 0.1) is 23.7 Å². The van der Waals surface area contributed by atoms with Crippen molar-refractivity contribution < 1.29 is 14.2 Å². The average molecular weight is 736 g/mol. The van der Waals surface area contributed by atoms with Crippen LogP contribution in [0.15, 0.2) is 95.1 Å². The quantitative estimate of drug-likeness (QED) is 0.167. The Morgan fingerprint density at radius 2 is 1.63 bits per heavy atom. The first kappa shape index (κ1) is 35.3. The zero-order valence-electron chi connectivity index (χ0n) is 29.1. The Hall–Kier alpha value is -4.10. The van der Waals surface area contributed by atoms with Crippen molar-refractivity contribution in [1.29, 1.82) is 0 Å². The molecule has 0 saturated carbocycles. The monoisotopic (exact) mass is 734 g/mol. The number of alkyl halides is 1. The zero-order chi connectivity index (χ0) is 35.5. The van der Waals surface area contributed by atoms with Gasteiger partial charge in [0.1, 0.15) is 44.0 Å². The first-order valence-electron chi connectivity index (χ1n) is 17.6. The highest BCUT2D eigenvalue weighted by atomic mass is 35.5. The maximum Gasteiger partial charge on any atom is 0.350 e. The van der Waals surface area contributed by atoms with Crippen LogP contribution in [0.3, 0.4) is 0 Å². The van der Waals surface area contributed by atoms with Crippen LogP contribution in [-0.2, 0) is 16.0 Å². The van der Waals surface area contributed by atoms with Crippen molar-refractivity contribution in [3.8, 4) is 11.4 Å². The maximum absolute atomic E-state index is 12.9. The highest BCUT2D eigenvalue weighted by Crippen LogP contribution is 2.42. The third kappa shape index (κ3) is 7.60. The summed E-state index contributed by atoms with van der Waals surface area (Å²) in [5, 5.41) is 8.93. The van der Waals surface area contributed by atoms with Gasteiger partial charge in [-0.3, -0.25) is 0 Å². The molecule has 4 aromatic rings. The molecule has 2 saturated heterocycles. The van der Waals surface area contributed by atoms with Gasteiger partial charge in [-0.15, -0.1) is 11.6 Å². The summed E-state index contributed by atoms with van der Waals surface area (Å²) in [7, 11) is 0. The Labute approximate surface area is 307 Å². The molecule has 0 N–H and O–H groups in total. The highest BCUT2D eigenvalue weighted by molar-refractivity contribution is 6.33. The Morgan fingerprint density at radius 1 is 0.961 bits per heavy atom. The number of piperazine rings is 1. The number of nitrogens with zero attached hydrogens (tertiary/aromatic N) is 8. The van der Waals surface area contributed by atoms with Gasteiger partial charge in [-0.05, 0) is 73.9 Å². The second-order valence-corrected chi connectivity index (χ2v) is 14.4. The number of hydrogen-bond donors (Lipinski definition) is 0. The van der Waals surface area contributed by atoms with Crippen molar-refractivity contribution in [2.24, 2.45) is 5.92 Å². The van der Waals surface area contributed by atoms with E-state index in [1.54, 1.807) is 26.6 Å². The summed E-state index contributed by atoms with van der Waals surface area (Å²) < 4.78 is 23.9. The highest BCUT2D eigenvalue weighted by Gasteiger charge is 2.48. The van der Waals surface area contributed by atoms with Gasteiger partial charge < -0.3 is 24.0 Å². The minimum atomic E-state index is -1.13. The van der Waals surface area contributed by atoms with E-state index in [4.69, 9.17) is 37.4 Å². The zero-order valence-corrected chi connectivity index (χ0v) is 30.7. The molecule has 0 bridgehead atoms. The first-order chi connectivity index (χ1) is 24.7. The van der Waals surface area contributed by atoms with Crippen molar-refractivity contribution in [3.63, 3.8) is 0 Å². The molecule has 7 rings (SSSR count). The Kier molecular flexibility index (Phi) is 10.6. The van der Waals surface area contributed by atoms with E-state index >= 15 is 0 Å². The summed E-state index contributed by atoms with van der Waals surface area (Å²) >= 11 is 13.1.